The lowest BCUT2D eigenvalue weighted by molar-refractivity contribution is 0.508. The Labute approximate surface area is 99.6 Å². The molecule has 0 bridgehead atoms. The second-order valence-electron chi connectivity index (χ2n) is 4.13. The molecule has 84 valence electrons. The number of halogens is 1. The van der Waals surface area contributed by atoms with Crippen molar-refractivity contribution >= 4 is 21.6 Å². The number of rotatable bonds is 5. The van der Waals surface area contributed by atoms with Gasteiger partial charge in [0.15, 0.2) is 0 Å². The zero-order chi connectivity index (χ0) is 11.3. The van der Waals surface area contributed by atoms with Crippen LogP contribution in [0.3, 0.4) is 0 Å². The van der Waals surface area contributed by atoms with E-state index in [-0.39, 0.29) is 6.04 Å². The van der Waals surface area contributed by atoms with Gasteiger partial charge >= 0.3 is 0 Å². The molecule has 1 atom stereocenters. The minimum Gasteiger partial charge on any atom is -0.382 e. The van der Waals surface area contributed by atoms with Gasteiger partial charge in [-0.25, -0.2) is 0 Å². The standard InChI is InChI=1S/C11H18BrN3/c1-8(2)5-9(13)6-15-11-3-4-14-7-10(11)12/h3-4,7-9H,5-6,13H2,1-2H3,(H,14,15). The molecule has 0 amide bonds. The smallest absolute Gasteiger partial charge is 0.0590 e. The zero-order valence-electron chi connectivity index (χ0n) is 9.20. The van der Waals surface area contributed by atoms with Crippen LogP contribution in [0.5, 0.6) is 0 Å². The highest BCUT2D eigenvalue weighted by Gasteiger charge is 2.06. The maximum atomic E-state index is 5.98. The van der Waals surface area contributed by atoms with Crippen LogP contribution < -0.4 is 11.1 Å². The van der Waals surface area contributed by atoms with Crippen LogP contribution in [0.25, 0.3) is 0 Å². The van der Waals surface area contributed by atoms with Crippen molar-refractivity contribution in [2.24, 2.45) is 11.7 Å². The van der Waals surface area contributed by atoms with Crippen molar-refractivity contribution in [3.05, 3.63) is 22.9 Å². The molecule has 15 heavy (non-hydrogen) atoms. The summed E-state index contributed by atoms with van der Waals surface area (Å²) in [7, 11) is 0. The first kappa shape index (κ1) is 12.5. The van der Waals surface area contributed by atoms with Gasteiger partial charge in [-0.05, 0) is 34.3 Å². The Bertz CT molecular complexity index is 302. The first-order chi connectivity index (χ1) is 7.09. The molecule has 1 aromatic rings. The van der Waals surface area contributed by atoms with Crippen molar-refractivity contribution in [3.8, 4) is 0 Å². The molecule has 0 radical (unpaired) electrons. The summed E-state index contributed by atoms with van der Waals surface area (Å²) in [5, 5.41) is 3.31. The van der Waals surface area contributed by atoms with E-state index >= 15 is 0 Å². The average Bonchev–Trinajstić information content (AvgIpc) is 2.15. The van der Waals surface area contributed by atoms with Crippen molar-refractivity contribution in [1.82, 2.24) is 4.98 Å². The topological polar surface area (TPSA) is 50.9 Å². The monoisotopic (exact) mass is 271 g/mol. The number of nitrogens with two attached hydrogens (primary N) is 1. The SMILES string of the molecule is CC(C)CC(N)CNc1ccncc1Br. The van der Waals surface area contributed by atoms with Crippen LogP contribution in [-0.4, -0.2) is 17.6 Å². The maximum Gasteiger partial charge on any atom is 0.0590 e. The van der Waals surface area contributed by atoms with Gasteiger partial charge in [-0.1, -0.05) is 13.8 Å². The molecule has 0 aromatic carbocycles. The van der Waals surface area contributed by atoms with Crippen molar-refractivity contribution in [1.29, 1.82) is 0 Å². The van der Waals surface area contributed by atoms with Crippen molar-refractivity contribution in [2.75, 3.05) is 11.9 Å². The highest BCUT2D eigenvalue weighted by atomic mass is 79.9. The molecular formula is C11H18BrN3. The summed E-state index contributed by atoms with van der Waals surface area (Å²) < 4.78 is 0.974. The summed E-state index contributed by atoms with van der Waals surface area (Å²) in [5.74, 6) is 0.641. The fourth-order valence-electron chi connectivity index (χ4n) is 1.45. The van der Waals surface area contributed by atoms with Crippen LogP contribution in [0.2, 0.25) is 0 Å². The quantitative estimate of drug-likeness (QED) is 0.866. The summed E-state index contributed by atoms with van der Waals surface area (Å²) in [5.41, 5.74) is 7.02. The van der Waals surface area contributed by atoms with Crippen LogP contribution in [-0.2, 0) is 0 Å². The third-order valence-corrected chi connectivity index (χ3v) is 2.73. The Morgan fingerprint density at radius 1 is 1.53 bits per heavy atom. The number of nitrogens with one attached hydrogen (secondary N) is 1. The van der Waals surface area contributed by atoms with E-state index in [0.29, 0.717) is 5.92 Å². The molecule has 3 N–H and O–H groups in total. The molecule has 4 heteroatoms. The van der Waals surface area contributed by atoms with Crippen LogP contribution in [0.15, 0.2) is 22.9 Å². The zero-order valence-corrected chi connectivity index (χ0v) is 10.8. The van der Waals surface area contributed by atoms with Gasteiger partial charge < -0.3 is 11.1 Å². The summed E-state index contributed by atoms with van der Waals surface area (Å²) >= 11 is 3.43. The van der Waals surface area contributed by atoms with E-state index in [0.717, 1.165) is 23.1 Å². The van der Waals surface area contributed by atoms with Crippen LogP contribution in [0, 0.1) is 5.92 Å². The van der Waals surface area contributed by atoms with Gasteiger partial charge in [-0.2, -0.15) is 0 Å². The molecule has 0 saturated carbocycles. The molecule has 0 spiro atoms. The molecular weight excluding hydrogens is 254 g/mol. The van der Waals surface area contributed by atoms with Crippen LogP contribution >= 0.6 is 15.9 Å². The fourth-order valence-corrected chi connectivity index (χ4v) is 1.84. The van der Waals surface area contributed by atoms with E-state index in [1.54, 1.807) is 12.4 Å². The number of aromatic nitrogens is 1. The lowest BCUT2D eigenvalue weighted by Gasteiger charge is -2.16. The molecule has 0 aliphatic carbocycles. The van der Waals surface area contributed by atoms with E-state index in [1.165, 1.54) is 0 Å². The van der Waals surface area contributed by atoms with Gasteiger partial charge in [0, 0.05) is 25.0 Å². The van der Waals surface area contributed by atoms with Crippen LogP contribution in [0.4, 0.5) is 5.69 Å². The largest absolute Gasteiger partial charge is 0.382 e. The predicted molar refractivity (Wildman–Crippen MR) is 67.9 cm³/mol. The summed E-state index contributed by atoms with van der Waals surface area (Å²) in [6.07, 6.45) is 4.58. The van der Waals surface area contributed by atoms with Gasteiger partial charge in [0.1, 0.15) is 0 Å². The normalized spacial score (nSPS) is 12.9. The van der Waals surface area contributed by atoms with E-state index in [1.807, 2.05) is 6.07 Å². The Kier molecular flexibility index (Phi) is 5.05. The van der Waals surface area contributed by atoms with Gasteiger partial charge in [0.2, 0.25) is 0 Å². The van der Waals surface area contributed by atoms with E-state index < -0.39 is 0 Å². The van der Waals surface area contributed by atoms with Crippen molar-refractivity contribution in [2.45, 2.75) is 26.3 Å². The Balaban J connectivity index is 2.40. The molecule has 1 heterocycles. The van der Waals surface area contributed by atoms with Gasteiger partial charge in [0.05, 0.1) is 10.2 Å². The van der Waals surface area contributed by atoms with Gasteiger partial charge in [0.25, 0.3) is 0 Å². The third kappa shape index (κ3) is 4.62. The molecule has 1 unspecified atom stereocenters. The third-order valence-electron chi connectivity index (χ3n) is 2.10. The lowest BCUT2D eigenvalue weighted by Crippen LogP contribution is -2.30. The second kappa shape index (κ2) is 6.08. The summed E-state index contributed by atoms with van der Waals surface area (Å²) in [4.78, 5) is 4.00. The van der Waals surface area contributed by atoms with Gasteiger partial charge in [-0.3, -0.25) is 4.98 Å². The lowest BCUT2D eigenvalue weighted by atomic mass is 10.0. The van der Waals surface area contributed by atoms with Crippen molar-refractivity contribution in [3.63, 3.8) is 0 Å². The Hall–Kier alpha value is -0.610. The molecule has 0 saturated heterocycles. The number of pyridine rings is 1. The summed E-state index contributed by atoms with van der Waals surface area (Å²) in [6.45, 7) is 5.16. The maximum absolute atomic E-state index is 5.98. The molecule has 3 nitrogen and oxygen atoms in total. The average molecular weight is 272 g/mol. The Morgan fingerprint density at radius 2 is 2.27 bits per heavy atom. The number of nitrogens with zero attached hydrogens (tertiary/aromatic N) is 1. The summed E-state index contributed by atoms with van der Waals surface area (Å²) in [6, 6.07) is 2.14. The molecule has 1 aromatic heterocycles. The molecule has 0 aliphatic heterocycles. The highest BCUT2D eigenvalue weighted by molar-refractivity contribution is 9.10. The van der Waals surface area contributed by atoms with Crippen LogP contribution in [0.1, 0.15) is 20.3 Å². The number of hydrogen-bond acceptors (Lipinski definition) is 3. The van der Waals surface area contributed by atoms with Gasteiger partial charge in [-0.15, -0.1) is 0 Å². The van der Waals surface area contributed by atoms with Crippen molar-refractivity contribution < 1.29 is 0 Å². The van der Waals surface area contributed by atoms with E-state index in [2.05, 4.69) is 40.1 Å². The molecule has 0 aliphatic rings. The fraction of sp³-hybridized carbons (Fsp3) is 0.545. The first-order valence-electron chi connectivity index (χ1n) is 5.18. The minimum absolute atomic E-state index is 0.199. The molecule has 1 rings (SSSR count). The minimum atomic E-state index is 0.199. The Morgan fingerprint density at radius 3 is 2.87 bits per heavy atom. The molecule has 0 fully saturated rings. The number of hydrogen-bond donors (Lipinski definition) is 2. The number of anilines is 1. The first-order valence-corrected chi connectivity index (χ1v) is 5.98. The highest BCUT2D eigenvalue weighted by Crippen LogP contribution is 2.19. The van der Waals surface area contributed by atoms with E-state index in [4.69, 9.17) is 5.73 Å². The predicted octanol–water partition coefficient (Wildman–Crippen LogP) is 2.63. The second-order valence-corrected chi connectivity index (χ2v) is 4.98. The van der Waals surface area contributed by atoms with E-state index in [9.17, 15) is 0 Å².